The lowest BCUT2D eigenvalue weighted by Gasteiger charge is -2.09. The molecule has 2 N–H and O–H groups in total. The number of hydrogen-bond donors (Lipinski definition) is 2. The fourth-order valence-corrected chi connectivity index (χ4v) is 3.25. The summed E-state index contributed by atoms with van der Waals surface area (Å²) < 4.78 is 30.9. The predicted molar refractivity (Wildman–Crippen MR) is 102 cm³/mol. The van der Waals surface area contributed by atoms with Crippen molar-refractivity contribution in [3.63, 3.8) is 0 Å². The number of ether oxygens (including phenoxy) is 1. The van der Waals surface area contributed by atoms with Crippen LogP contribution in [0, 0.1) is 11.3 Å². The van der Waals surface area contributed by atoms with Gasteiger partial charge in [0.25, 0.3) is 5.91 Å². The second-order valence-electron chi connectivity index (χ2n) is 5.27. The van der Waals surface area contributed by atoms with E-state index in [1.54, 1.807) is 12.1 Å². The summed E-state index contributed by atoms with van der Waals surface area (Å²) in [5.41, 5.74) is 0.543. The van der Waals surface area contributed by atoms with Gasteiger partial charge in [0.15, 0.2) is 6.61 Å². The zero-order valence-electron chi connectivity index (χ0n) is 14.1. The average Bonchev–Trinajstić information content (AvgIpc) is 2.68. The van der Waals surface area contributed by atoms with Crippen molar-refractivity contribution in [3.05, 3.63) is 58.1 Å². The van der Waals surface area contributed by atoms with E-state index in [2.05, 4.69) is 5.32 Å². The van der Waals surface area contributed by atoms with Gasteiger partial charge in [-0.2, -0.15) is 9.98 Å². The van der Waals surface area contributed by atoms with E-state index in [0.717, 1.165) is 0 Å². The lowest BCUT2D eigenvalue weighted by atomic mass is 10.2. The van der Waals surface area contributed by atoms with Crippen molar-refractivity contribution in [2.24, 2.45) is 0 Å². The fraction of sp³-hybridized carbons (Fsp3) is 0.118. The molecule has 2 aromatic rings. The molecule has 0 aliphatic heterocycles. The van der Waals surface area contributed by atoms with E-state index < -0.39 is 35.1 Å². The van der Waals surface area contributed by atoms with Gasteiger partial charge in [0.2, 0.25) is 10.0 Å². The number of halogens is 2. The summed E-state index contributed by atoms with van der Waals surface area (Å²) in [7, 11) is -3.97. The standard InChI is InChI=1S/C17H13Cl2N3O5S/c18-13-2-1-3-14(17(13)19)22-15(23)10-27-16(24)9-21-28(25,26)12-6-4-11(8-20)5-7-12/h1-7,21H,9-10H2,(H,22,23). The molecule has 28 heavy (non-hydrogen) atoms. The lowest BCUT2D eigenvalue weighted by Crippen LogP contribution is -2.32. The highest BCUT2D eigenvalue weighted by molar-refractivity contribution is 7.89. The van der Waals surface area contributed by atoms with E-state index in [-0.39, 0.29) is 20.6 Å². The molecule has 11 heteroatoms. The molecule has 0 fully saturated rings. The molecular weight excluding hydrogens is 429 g/mol. The molecule has 0 radical (unpaired) electrons. The molecule has 0 saturated carbocycles. The Labute approximate surface area is 171 Å². The summed E-state index contributed by atoms with van der Waals surface area (Å²) >= 11 is 11.8. The highest BCUT2D eigenvalue weighted by Gasteiger charge is 2.17. The second kappa shape index (κ2) is 9.52. The second-order valence-corrected chi connectivity index (χ2v) is 7.82. The molecule has 0 aliphatic carbocycles. The molecule has 146 valence electrons. The number of anilines is 1. The van der Waals surface area contributed by atoms with Gasteiger partial charge in [0.05, 0.1) is 32.3 Å². The summed E-state index contributed by atoms with van der Waals surface area (Å²) in [4.78, 5) is 23.4. The molecule has 1 amide bonds. The number of amides is 1. The zero-order chi connectivity index (χ0) is 20.7. The first-order chi connectivity index (χ1) is 13.2. The largest absolute Gasteiger partial charge is 0.455 e. The number of carbonyl (C=O) groups is 2. The first-order valence-corrected chi connectivity index (χ1v) is 9.86. The van der Waals surface area contributed by atoms with Crippen LogP contribution in [-0.4, -0.2) is 33.4 Å². The number of rotatable bonds is 7. The molecule has 0 heterocycles. The Kier molecular flexibility index (Phi) is 7.37. The summed E-state index contributed by atoms with van der Waals surface area (Å²) in [5, 5.41) is 11.5. The van der Waals surface area contributed by atoms with Crippen LogP contribution in [0.1, 0.15) is 5.56 Å². The summed E-state index contributed by atoms with van der Waals surface area (Å²) in [6, 6.07) is 11.6. The third kappa shape index (κ3) is 5.94. The van der Waals surface area contributed by atoms with Crippen molar-refractivity contribution in [2.75, 3.05) is 18.5 Å². The summed E-state index contributed by atoms with van der Waals surface area (Å²) in [6.45, 7) is -1.31. The number of sulfonamides is 1. The highest BCUT2D eigenvalue weighted by Crippen LogP contribution is 2.29. The maximum Gasteiger partial charge on any atom is 0.321 e. The Morgan fingerprint density at radius 3 is 2.43 bits per heavy atom. The number of esters is 1. The van der Waals surface area contributed by atoms with Gasteiger partial charge >= 0.3 is 5.97 Å². The topological polar surface area (TPSA) is 125 Å². The molecule has 0 saturated heterocycles. The summed E-state index contributed by atoms with van der Waals surface area (Å²) in [6.07, 6.45) is 0. The number of benzene rings is 2. The normalized spacial score (nSPS) is 10.8. The third-order valence-electron chi connectivity index (χ3n) is 3.29. The van der Waals surface area contributed by atoms with Gasteiger partial charge in [-0.1, -0.05) is 29.3 Å². The smallest absolute Gasteiger partial charge is 0.321 e. The van der Waals surface area contributed by atoms with Crippen LogP contribution in [0.25, 0.3) is 0 Å². The van der Waals surface area contributed by atoms with Gasteiger partial charge in [0, 0.05) is 0 Å². The Bertz CT molecular complexity index is 1030. The molecule has 0 unspecified atom stereocenters. The van der Waals surface area contributed by atoms with Crippen LogP contribution < -0.4 is 10.0 Å². The van der Waals surface area contributed by atoms with Gasteiger partial charge in [-0.3, -0.25) is 9.59 Å². The molecule has 8 nitrogen and oxygen atoms in total. The van der Waals surface area contributed by atoms with Crippen molar-refractivity contribution in [1.82, 2.24) is 4.72 Å². The molecule has 0 atom stereocenters. The quantitative estimate of drug-likeness (QED) is 0.634. The first-order valence-electron chi connectivity index (χ1n) is 7.62. The number of nitrogens with zero attached hydrogens (tertiary/aromatic N) is 1. The minimum absolute atomic E-state index is 0.118. The van der Waals surface area contributed by atoms with Crippen molar-refractivity contribution < 1.29 is 22.7 Å². The number of nitrogens with one attached hydrogen (secondary N) is 2. The maximum absolute atomic E-state index is 12.1. The Hall–Kier alpha value is -2.64. The molecule has 0 bridgehead atoms. The van der Waals surface area contributed by atoms with E-state index in [9.17, 15) is 18.0 Å². The Morgan fingerprint density at radius 1 is 1.11 bits per heavy atom. The van der Waals surface area contributed by atoms with Gasteiger partial charge < -0.3 is 10.1 Å². The van der Waals surface area contributed by atoms with Crippen LogP contribution in [0.2, 0.25) is 10.0 Å². The molecule has 0 aromatic heterocycles. The Morgan fingerprint density at radius 2 is 1.79 bits per heavy atom. The van der Waals surface area contributed by atoms with E-state index in [1.807, 2.05) is 10.8 Å². The summed E-state index contributed by atoms with van der Waals surface area (Å²) in [5.74, 6) is -1.63. The van der Waals surface area contributed by atoms with E-state index in [1.165, 1.54) is 30.3 Å². The van der Waals surface area contributed by atoms with Gasteiger partial charge in [-0.25, -0.2) is 8.42 Å². The van der Waals surface area contributed by atoms with Crippen LogP contribution in [-0.2, 0) is 24.3 Å². The van der Waals surface area contributed by atoms with Crippen molar-refractivity contribution in [2.45, 2.75) is 4.90 Å². The van der Waals surface area contributed by atoms with Gasteiger partial charge in [0.1, 0.15) is 6.54 Å². The van der Waals surface area contributed by atoms with Crippen molar-refractivity contribution >= 4 is 50.8 Å². The minimum atomic E-state index is -3.97. The maximum atomic E-state index is 12.1. The predicted octanol–water partition coefficient (Wildman–Crippen LogP) is 2.33. The minimum Gasteiger partial charge on any atom is -0.455 e. The molecule has 2 rings (SSSR count). The number of nitriles is 1. The van der Waals surface area contributed by atoms with Crippen molar-refractivity contribution in [3.8, 4) is 6.07 Å². The molecule has 0 aliphatic rings. The van der Waals surface area contributed by atoms with Crippen LogP contribution in [0.15, 0.2) is 47.4 Å². The molecule has 0 spiro atoms. The first kappa shape index (κ1) is 21.7. The Balaban J connectivity index is 1.84. The van der Waals surface area contributed by atoms with Gasteiger partial charge in [-0.15, -0.1) is 0 Å². The van der Waals surface area contributed by atoms with E-state index in [4.69, 9.17) is 33.2 Å². The number of carbonyl (C=O) groups excluding carboxylic acids is 2. The molecular formula is C17H13Cl2N3O5S. The van der Waals surface area contributed by atoms with Crippen LogP contribution in [0.5, 0.6) is 0 Å². The van der Waals surface area contributed by atoms with Crippen LogP contribution >= 0.6 is 23.2 Å². The van der Waals surface area contributed by atoms with E-state index in [0.29, 0.717) is 5.56 Å². The lowest BCUT2D eigenvalue weighted by molar-refractivity contribution is -0.146. The fourth-order valence-electron chi connectivity index (χ4n) is 1.93. The SMILES string of the molecule is N#Cc1ccc(S(=O)(=O)NCC(=O)OCC(=O)Nc2cccc(Cl)c2Cl)cc1. The van der Waals surface area contributed by atoms with Crippen LogP contribution in [0.3, 0.4) is 0 Å². The zero-order valence-corrected chi connectivity index (χ0v) is 16.4. The van der Waals surface area contributed by atoms with Crippen molar-refractivity contribution in [1.29, 1.82) is 5.26 Å². The van der Waals surface area contributed by atoms with E-state index >= 15 is 0 Å². The molecule has 2 aromatic carbocycles. The van der Waals surface area contributed by atoms with Gasteiger partial charge in [-0.05, 0) is 36.4 Å². The average molecular weight is 442 g/mol. The third-order valence-corrected chi connectivity index (χ3v) is 5.53. The monoisotopic (exact) mass is 441 g/mol. The van der Waals surface area contributed by atoms with Crippen LogP contribution in [0.4, 0.5) is 5.69 Å². The highest BCUT2D eigenvalue weighted by atomic mass is 35.5. The number of hydrogen-bond acceptors (Lipinski definition) is 6.